The molecule has 0 saturated heterocycles. The number of amides is 1. The Labute approximate surface area is 206 Å². The Balaban J connectivity index is 1.42. The minimum absolute atomic E-state index is 0.173. The zero-order valence-corrected chi connectivity index (χ0v) is 19.8. The van der Waals surface area contributed by atoms with Crippen molar-refractivity contribution in [2.75, 3.05) is 19.0 Å². The Kier molecular flexibility index (Phi) is 7.42. The number of hydrogen-bond acceptors (Lipinski definition) is 7. The molecule has 4 rings (SSSR count). The third-order valence-corrected chi connectivity index (χ3v) is 5.66. The summed E-state index contributed by atoms with van der Waals surface area (Å²) >= 11 is 6.14. The van der Waals surface area contributed by atoms with Crippen molar-refractivity contribution in [3.8, 4) is 22.5 Å². The van der Waals surface area contributed by atoms with Gasteiger partial charge in [0, 0.05) is 28.8 Å². The highest BCUT2D eigenvalue weighted by atomic mass is 35.5. The lowest BCUT2D eigenvalue weighted by Crippen LogP contribution is -2.16. The fourth-order valence-corrected chi connectivity index (χ4v) is 3.64. The molecule has 0 aliphatic carbocycles. The van der Waals surface area contributed by atoms with E-state index in [4.69, 9.17) is 20.9 Å². The average molecular weight is 492 g/mol. The van der Waals surface area contributed by atoms with Gasteiger partial charge in [-0.2, -0.15) is 0 Å². The van der Waals surface area contributed by atoms with Crippen molar-refractivity contribution in [3.63, 3.8) is 0 Å². The highest BCUT2D eigenvalue weighted by molar-refractivity contribution is 6.31. The third kappa shape index (κ3) is 5.67. The second-order valence-electron chi connectivity index (χ2n) is 7.58. The first-order valence-electron chi connectivity index (χ1n) is 10.7. The van der Waals surface area contributed by atoms with Gasteiger partial charge in [0.2, 0.25) is 0 Å². The van der Waals surface area contributed by atoms with Crippen LogP contribution >= 0.6 is 11.6 Å². The Morgan fingerprint density at radius 1 is 1.00 bits per heavy atom. The van der Waals surface area contributed by atoms with Crippen molar-refractivity contribution in [3.05, 3.63) is 88.8 Å². The Morgan fingerprint density at radius 3 is 2.40 bits per heavy atom. The fourth-order valence-electron chi connectivity index (χ4n) is 3.41. The van der Waals surface area contributed by atoms with E-state index < -0.39 is 12.1 Å². The predicted molar refractivity (Wildman–Crippen MR) is 131 cm³/mol. The molecule has 0 spiro atoms. The lowest BCUT2D eigenvalue weighted by Gasteiger charge is -2.09. The van der Waals surface area contributed by atoms with Crippen molar-refractivity contribution in [2.24, 2.45) is 0 Å². The summed E-state index contributed by atoms with van der Waals surface area (Å²) in [5.74, 6) is -0.0775. The van der Waals surface area contributed by atoms with Crippen LogP contribution in [0.2, 0.25) is 5.02 Å². The summed E-state index contributed by atoms with van der Waals surface area (Å²) in [6.07, 6.45) is 1.49. The van der Waals surface area contributed by atoms with E-state index in [1.165, 1.54) is 7.11 Å². The van der Waals surface area contributed by atoms with Gasteiger partial charge in [-0.3, -0.25) is 5.32 Å². The van der Waals surface area contributed by atoms with E-state index in [0.717, 1.165) is 22.3 Å². The van der Waals surface area contributed by atoms with E-state index in [9.17, 15) is 9.59 Å². The molecule has 0 fully saturated rings. The van der Waals surface area contributed by atoms with Gasteiger partial charge in [-0.25, -0.2) is 14.6 Å². The number of ether oxygens (including phenoxy) is 2. The molecule has 0 atom stereocenters. The van der Waals surface area contributed by atoms with Crippen molar-refractivity contribution in [1.82, 2.24) is 10.1 Å². The maximum Gasteiger partial charge on any atom is 0.411 e. The Morgan fingerprint density at radius 2 is 1.71 bits per heavy atom. The zero-order chi connectivity index (χ0) is 24.8. The largest absolute Gasteiger partial charge is 0.464 e. The Bertz CT molecular complexity index is 1330. The predicted octanol–water partition coefficient (Wildman–Crippen LogP) is 5.94. The second-order valence-corrected chi connectivity index (χ2v) is 7.98. The molecule has 1 amide bonds. The molecule has 0 unspecified atom stereocenters. The number of pyridine rings is 1. The Hall–Kier alpha value is -4.17. The fraction of sp³-hybridized carbons (Fsp3) is 0.154. The molecule has 2 heterocycles. The van der Waals surface area contributed by atoms with Gasteiger partial charge >= 0.3 is 12.1 Å². The van der Waals surface area contributed by atoms with Crippen LogP contribution in [0.5, 0.6) is 0 Å². The topological polar surface area (TPSA) is 104 Å². The molecule has 0 saturated carbocycles. The maximum absolute atomic E-state index is 12.4. The van der Waals surface area contributed by atoms with Crippen molar-refractivity contribution in [1.29, 1.82) is 0 Å². The lowest BCUT2D eigenvalue weighted by atomic mass is 10.0. The molecule has 35 heavy (non-hydrogen) atoms. The first-order chi connectivity index (χ1) is 17.0. The molecule has 0 radical (unpaired) electrons. The van der Waals surface area contributed by atoms with Crippen LogP contribution in [0.3, 0.4) is 0 Å². The zero-order valence-electron chi connectivity index (χ0n) is 19.1. The number of carbonyl (C=O) groups is 2. The molecule has 4 aromatic rings. The average Bonchev–Trinajstić information content (AvgIpc) is 3.24. The molecule has 9 heteroatoms. The maximum atomic E-state index is 12.4. The van der Waals surface area contributed by atoms with E-state index in [1.807, 2.05) is 42.5 Å². The van der Waals surface area contributed by atoms with Crippen LogP contribution in [0.1, 0.15) is 21.7 Å². The van der Waals surface area contributed by atoms with E-state index in [1.54, 1.807) is 31.3 Å². The van der Waals surface area contributed by atoms with Crippen molar-refractivity contribution >= 4 is 29.4 Å². The van der Waals surface area contributed by atoms with E-state index in [-0.39, 0.29) is 12.3 Å². The number of methoxy groups -OCH3 is 1. The molecule has 0 aliphatic rings. The number of nitrogens with one attached hydrogen (secondary N) is 1. The number of halogens is 1. The summed E-state index contributed by atoms with van der Waals surface area (Å²) in [5, 5.41) is 7.34. The standard InChI is InChI=1S/C26H22ClN3O5/c1-16-23(29-26(32)34-14-13-18-5-3-4-6-21(18)27)24(35-30-16)19-9-7-17(8-10-19)20-11-12-22(28-15-20)25(31)33-2/h3-12,15H,13-14H2,1-2H3,(H,29,32). The number of esters is 1. The lowest BCUT2D eigenvalue weighted by molar-refractivity contribution is 0.0594. The molecule has 8 nitrogen and oxygen atoms in total. The summed E-state index contributed by atoms with van der Waals surface area (Å²) < 4.78 is 15.5. The van der Waals surface area contributed by atoms with Crippen molar-refractivity contribution in [2.45, 2.75) is 13.3 Å². The van der Waals surface area contributed by atoms with Crippen LogP contribution in [0.15, 0.2) is 71.4 Å². The number of carbonyl (C=O) groups excluding carboxylic acids is 2. The smallest absolute Gasteiger partial charge is 0.411 e. The number of aromatic nitrogens is 2. The number of aryl methyl sites for hydroxylation is 1. The first kappa shape index (κ1) is 24.0. The molecule has 2 aromatic heterocycles. The summed E-state index contributed by atoms with van der Waals surface area (Å²) in [4.78, 5) is 28.1. The number of nitrogens with zero attached hydrogens (tertiary/aromatic N) is 2. The van der Waals surface area contributed by atoms with Gasteiger partial charge in [-0.1, -0.05) is 65.3 Å². The minimum Gasteiger partial charge on any atom is -0.464 e. The molecule has 178 valence electrons. The van der Waals surface area contributed by atoms with Crippen LogP contribution in [0.25, 0.3) is 22.5 Å². The van der Waals surface area contributed by atoms with E-state index in [2.05, 4.69) is 20.2 Å². The minimum atomic E-state index is -0.613. The van der Waals surface area contributed by atoms with E-state index >= 15 is 0 Å². The number of benzene rings is 2. The molecule has 2 aromatic carbocycles. The van der Waals surface area contributed by atoms with Crippen LogP contribution in [0, 0.1) is 6.92 Å². The van der Waals surface area contributed by atoms with Gasteiger partial charge in [0.15, 0.2) is 5.76 Å². The summed E-state index contributed by atoms with van der Waals surface area (Å²) in [7, 11) is 1.31. The number of hydrogen-bond donors (Lipinski definition) is 1. The van der Waals surface area contributed by atoms with Crippen LogP contribution in [-0.2, 0) is 15.9 Å². The molecular formula is C26H22ClN3O5. The highest BCUT2D eigenvalue weighted by Gasteiger charge is 2.18. The normalized spacial score (nSPS) is 10.6. The SMILES string of the molecule is COC(=O)c1ccc(-c2ccc(-c3onc(C)c3NC(=O)OCCc3ccccc3Cl)cc2)cn1. The first-order valence-corrected chi connectivity index (χ1v) is 11.1. The summed E-state index contributed by atoms with van der Waals surface area (Å²) in [6, 6.07) is 18.3. The molecule has 0 bridgehead atoms. The molecule has 1 N–H and O–H groups in total. The monoisotopic (exact) mass is 491 g/mol. The van der Waals surface area contributed by atoms with Gasteiger partial charge in [0.1, 0.15) is 17.1 Å². The van der Waals surface area contributed by atoms with Gasteiger partial charge in [-0.15, -0.1) is 0 Å². The second kappa shape index (κ2) is 10.8. The van der Waals surface area contributed by atoms with E-state index in [0.29, 0.717) is 28.6 Å². The van der Waals surface area contributed by atoms with Gasteiger partial charge < -0.3 is 14.0 Å². The highest BCUT2D eigenvalue weighted by Crippen LogP contribution is 2.32. The number of rotatable bonds is 7. The van der Waals surface area contributed by atoms with Gasteiger partial charge in [-0.05, 0) is 30.2 Å². The number of anilines is 1. The quantitative estimate of drug-likeness (QED) is 0.319. The summed E-state index contributed by atoms with van der Waals surface area (Å²) in [6.45, 7) is 1.90. The molecule has 0 aliphatic heterocycles. The van der Waals surface area contributed by atoms with Gasteiger partial charge in [0.25, 0.3) is 0 Å². The van der Waals surface area contributed by atoms with Crippen LogP contribution in [-0.4, -0.2) is 35.9 Å². The molecular weight excluding hydrogens is 470 g/mol. The van der Waals surface area contributed by atoms with Crippen molar-refractivity contribution < 1.29 is 23.6 Å². The third-order valence-electron chi connectivity index (χ3n) is 5.29. The van der Waals surface area contributed by atoms with Crippen LogP contribution < -0.4 is 5.32 Å². The van der Waals surface area contributed by atoms with Gasteiger partial charge in [0.05, 0.1) is 13.7 Å². The van der Waals surface area contributed by atoms with Crippen LogP contribution in [0.4, 0.5) is 10.5 Å². The summed E-state index contributed by atoms with van der Waals surface area (Å²) in [5.41, 5.74) is 4.54.